The van der Waals surface area contributed by atoms with Crippen LogP contribution >= 0.6 is 11.6 Å². The standard InChI is InChI=1S/C16H12ClN/c1-11-10-16(13-7-2-4-8-14(13)17)18-15-9-5-3-6-12(11)15/h2-10H,1H3. The molecule has 1 aromatic heterocycles. The lowest BCUT2D eigenvalue weighted by Crippen LogP contribution is -1.89. The normalized spacial score (nSPS) is 10.8. The number of pyridine rings is 1. The molecule has 3 rings (SSSR count). The van der Waals surface area contributed by atoms with Gasteiger partial charge in [0, 0.05) is 16.0 Å². The Hall–Kier alpha value is -1.86. The smallest absolute Gasteiger partial charge is 0.0727 e. The summed E-state index contributed by atoms with van der Waals surface area (Å²) in [6.45, 7) is 2.10. The molecule has 0 N–H and O–H groups in total. The Labute approximate surface area is 111 Å². The Morgan fingerprint density at radius 3 is 2.50 bits per heavy atom. The van der Waals surface area contributed by atoms with Crippen LogP contribution in [0.15, 0.2) is 54.6 Å². The second-order valence-electron chi connectivity index (χ2n) is 4.32. The summed E-state index contributed by atoms with van der Waals surface area (Å²) in [5, 5.41) is 1.92. The summed E-state index contributed by atoms with van der Waals surface area (Å²) in [6, 6.07) is 18.0. The minimum Gasteiger partial charge on any atom is -0.248 e. The maximum Gasteiger partial charge on any atom is 0.0727 e. The number of rotatable bonds is 1. The lowest BCUT2D eigenvalue weighted by atomic mass is 10.1. The molecule has 0 aliphatic rings. The van der Waals surface area contributed by atoms with Crippen LogP contribution in [0.1, 0.15) is 5.56 Å². The fraction of sp³-hybridized carbons (Fsp3) is 0.0625. The zero-order valence-electron chi connectivity index (χ0n) is 10.0. The Balaban J connectivity index is 2.28. The highest BCUT2D eigenvalue weighted by atomic mass is 35.5. The van der Waals surface area contributed by atoms with Crippen molar-refractivity contribution >= 4 is 22.5 Å². The maximum atomic E-state index is 6.22. The first-order chi connectivity index (χ1) is 8.75. The molecule has 0 bridgehead atoms. The molecule has 0 saturated heterocycles. The maximum absolute atomic E-state index is 6.22. The van der Waals surface area contributed by atoms with E-state index in [4.69, 9.17) is 11.6 Å². The van der Waals surface area contributed by atoms with Gasteiger partial charge in [0.15, 0.2) is 0 Å². The van der Waals surface area contributed by atoms with Crippen LogP contribution in [-0.2, 0) is 0 Å². The fourth-order valence-electron chi connectivity index (χ4n) is 2.16. The minimum atomic E-state index is 0.736. The molecule has 1 nitrogen and oxygen atoms in total. The minimum absolute atomic E-state index is 0.736. The van der Waals surface area contributed by atoms with Gasteiger partial charge in [0.25, 0.3) is 0 Å². The summed E-state index contributed by atoms with van der Waals surface area (Å²) < 4.78 is 0. The molecule has 0 unspecified atom stereocenters. The average molecular weight is 254 g/mol. The van der Waals surface area contributed by atoms with Crippen molar-refractivity contribution < 1.29 is 0 Å². The molecule has 0 atom stereocenters. The summed E-state index contributed by atoms with van der Waals surface area (Å²) in [5.41, 5.74) is 4.13. The third-order valence-electron chi connectivity index (χ3n) is 3.07. The molecular weight excluding hydrogens is 242 g/mol. The Bertz CT molecular complexity index is 719. The van der Waals surface area contributed by atoms with Crippen LogP contribution in [-0.4, -0.2) is 4.98 Å². The van der Waals surface area contributed by atoms with E-state index in [-0.39, 0.29) is 0 Å². The van der Waals surface area contributed by atoms with Crippen molar-refractivity contribution in [2.75, 3.05) is 0 Å². The van der Waals surface area contributed by atoms with Gasteiger partial charge >= 0.3 is 0 Å². The molecule has 0 radical (unpaired) electrons. The summed E-state index contributed by atoms with van der Waals surface area (Å²) in [6.07, 6.45) is 0. The number of hydrogen-bond acceptors (Lipinski definition) is 1. The number of aromatic nitrogens is 1. The van der Waals surface area contributed by atoms with Gasteiger partial charge in [-0.2, -0.15) is 0 Å². The van der Waals surface area contributed by atoms with Gasteiger partial charge in [0.2, 0.25) is 0 Å². The van der Waals surface area contributed by atoms with Gasteiger partial charge in [0.1, 0.15) is 0 Å². The van der Waals surface area contributed by atoms with E-state index in [2.05, 4.69) is 24.0 Å². The average Bonchev–Trinajstić information content (AvgIpc) is 2.39. The first-order valence-corrected chi connectivity index (χ1v) is 6.25. The molecule has 0 aliphatic heterocycles. The van der Waals surface area contributed by atoms with E-state index in [1.165, 1.54) is 10.9 Å². The predicted molar refractivity (Wildman–Crippen MR) is 76.9 cm³/mol. The molecule has 0 aliphatic carbocycles. The highest BCUT2D eigenvalue weighted by molar-refractivity contribution is 6.33. The van der Waals surface area contributed by atoms with E-state index in [0.29, 0.717) is 0 Å². The van der Waals surface area contributed by atoms with Gasteiger partial charge in [-0.1, -0.05) is 48.0 Å². The molecule has 1 heterocycles. The second-order valence-corrected chi connectivity index (χ2v) is 4.73. The fourth-order valence-corrected chi connectivity index (χ4v) is 2.39. The van der Waals surface area contributed by atoms with Crippen LogP contribution in [0.5, 0.6) is 0 Å². The molecule has 0 saturated carbocycles. The van der Waals surface area contributed by atoms with Crippen molar-refractivity contribution in [3.8, 4) is 11.3 Å². The topological polar surface area (TPSA) is 12.9 Å². The highest BCUT2D eigenvalue weighted by Crippen LogP contribution is 2.29. The van der Waals surface area contributed by atoms with Crippen LogP contribution in [0.2, 0.25) is 5.02 Å². The van der Waals surface area contributed by atoms with E-state index in [1.807, 2.05) is 42.5 Å². The van der Waals surface area contributed by atoms with Crippen LogP contribution in [0, 0.1) is 6.92 Å². The van der Waals surface area contributed by atoms with Gasteiger partial charge < -0.3 is 0 Å². The molecule has 3 aromatic rings. The van der Waals surface area contributed by atoms with Gasteiger partial charge in [-0.05, 0) is 30.7 Å². The third-order valence-corrected chi connectivity index (χ3v) is 3.40. The van der Waals surface area contributed by atoms with Crippen LogP contribution in [0.3, 0.4) is 0 Å². The molecule has 0 spiro atoms. The predicted octanol–water partition coefficient (Wildman–Crippen LogP) is 4.86. The lowest BCUT2D eigenvalue weighted by molar-refractivity contribution is 1.36. The van der Waals surface area contributed by atoms with E-state index >= 15 is 0 Å². The largest absolute Gasteiger partial charge is 0.248 e. The number of fused-ring (bicyclic) bond motifs is 1. The number of para-hydroxylation sites is 1. The van der Waals surface area contributed by atoms with E-state index in [0.717, 1.165) is 21.8 Å². The van der Waals surface area contributed by atoms with E-state index in [9.17, 15) is 0 Å². The zero-order chi connectivity index (χ0) is 12.5. The van der Waals surface area contributed by atoms with Gasteiger partial charge in [-0.25, -0.2) is 4.98 Å². The van der Waals surface area contributed by atoms with Crippen LogP contribution in [0.4, 0.5) is 0 Å². The van der Waals surface area contributed by atoms with E-state index < -0.39 is 0 Å². The van der Waals surface area contributed by atoms with Crippen molar-refractivity contribution in [3.63, 3.8) is 0 Å². The quantitative estimate of drug-likeness (QED) is 0.603. The SMILES string of the molecule is Cc1cc(-c2ccccc2Cl)nc2ccccc12. The molecule has 0 amide bonds. The van der Waals surface area contributed by atoms with Gasteiger partial charge in [-0.15, -0.1) is 0 Å². The molecule has 88 valence electrons. The van der Waals surface area contributed by atoms with Crippen molar-refractivity contribution in [2.45, 2.75) is 6.92 Å². The molecular formula is C16H12ClN. The summed E-state index contributed by atoms with van der Waals surface area (Å²) >= 11 is 6.22. The highest BCUT2D eigenvalue weighted by Gasteiger charge is 2.07. The molecule has 0 fully saturated rings. The number of halogens is 1. The second kappa shape index (κ2) is 4.43. The monoisotopic (exact) mass is 253 g/mol. The van der Waals surface area contributed by atoms with Crippen LogP contribution in [0.25, 0.3) is 22.2 Å². The lowest BCUT2D eigenvalue weighted by Gasteiger charge is -2.07. The molecule has 2 heteroatoms. The Morgan fingerprint density at radius 1 is 0.944 bits per heavy atom. The first kappa shape index (κ1) is 11.2. The number of nitrogens with zero attached hydrogens (tertiary/aromatic N) is 1. The third kappa shape index (κ3) is 1.87. The zero-order valence-corrected chi connectivity index (χ0v) is 10.8. The first-order valence-electron chi connectivity index (χ1n) is 5.87. The van der Waals surface area contributed by atoms with Crippen LogP contribution < -0.4 is 0 Å². The van der Waals surface area contributed by atoms with Crippen molar-refractivity contribution in [2.24, 2.45) is 0 Å². The van der Waals surface area contributed by atoms with Gasteiger partial charge in [0.05, 0.1) is 11.2 Å². The number of benzene rings is 2. The number of aryl methyl sites for hydroxylation is 1. The van der Waals surface area contributed by atoms with E-state index in [1.54, 1.807) is 0 Å². The summed E-state index contributed by atoms with van der Waals surface area (Å²) in [5.74, 6) is 0. The number of hydrogen-bond donors (Lipinski definition) is 0. The van der Waals surface area contributed by atoms with Crippen molar-refractivity contribution in [1.82, 2.24) is 4.98 Å². The Morgan fingerprint density at radius 2 is 1.67 bits per heavy atom. The van der Waals surface area contributed by atoms with Crippen molar-refractivity contribution in [3.05, 3.63) is 65.2 Å². The summed E-state index contributed by atoms with van der Waals surface area (Å²) in [7, 11) is 0. The summed E-state index contributed by atoms with van der Waals surface area (Å²) in [4.78, 5) is 4.68. The van der Waals surface area contributed by atoms with Crippen molar-refractivity contribution in [1.29, 1.82) is 0 Å². The van der Waals surface area contributed by atoms with Gasteiger partial charge in [-0.3, -0.25) is 0 Å². The Kier molecular flexibility index (Phi) is 2.77. The molecule has 18 heavy (non-hydrogen) atoms. The molecule has 2 aromatic carbocycles.